The van der Waals surface area contributed by atoms with Crippen LogP contribution in [-0.2, 0) is 4.74 Å². The summed E-state index contributed by atoms with van der Waals surface area (Å²) in [5.74, 6) is 0. The van der Waals surface area contributed by atoms with Gasteiger partial charge in [0.1, 0.15) is 23.3 Å². The number of rotatable bonds is 3. The van der Waals surface area contributed by atoms with Gasteiger partial charge in [0.05, 0.1) is 12.3 Å². The third-order valence-electron chi connectivity index (χ3n) is 3.40. The van der Waals surface area contributed by atoms with Crippen molar-refractivity contribution in [2.45, 2.75) is 24.5 Å². The number of nitrogens with zero attached hydrogens (tertiary/aromatic N) is 2. The minimum Gasteiger partial charge on any atom is -0.394 e. The summed E-state index contributed by atoms with van der Waals surface area (Å²) in [6.45, 7) is -0.514. The van der Waals surface area contributed by atoms with Crippen LogP contribution in [0.25, 0.3) is 10.7 Å². The number of thiazole rings is 1. The van der Waals surface area contributed by atoms with Crippen molar-refractivity contribution in [3.05, 3.63) is 38.5 Å². The summed E-state index contributed by atoms with van der Waals surface area (Å²) in [6.07, 6.45) is -3.54. The standard InChI is InChI=1S/C12H13N3O6S/c16-4-6-8(18)9(19)11(21-6)15-5(10-13-1-2-22-10)3-7(17)14-12(15)20/h1-3,6,8-9,11,16,18-19H,4H2,(H,14,17,20)/t6-,8-,9-,11-/m1/s1. The summed E-state index contributed by atoms with van der Waals surface area (Å²) in [4.78, 5) is 29.8. The van der Waals surface area contributed by atoms with Gasteiger partial charge in [0.15, 0.2) is 6.23 Å². The van der Waals surface area contributed by atoms with Gasteiger partial charge in [-0.3, -0.25) is 14.3 Å². The Morgan fingerprint density at radius 2 is 2.14 bits per heavy atom. The number of aromatic amines is 1. The van der Waals surface area contributed by atoms with Crippen molar-refractivity contribution in [3.63, 3.8) is 0 Å². The number of hydrogen-bond donors (Lipinski definition) is 4. The van der Waals surface area contributed by atoms with Crippen molar-refractivity contribution >= 4 is 11.3 Å². The van der Waals surface area contributed by atoms with Crippen LogP contribution in [-0.4, -0.2) is 54.8 Å². The molecule has 0 aromatic carbocycles. The monoisotopic (exact) mass is 327 g/mol. The average molecular weight is 327 g/mol. The lowest BCUT2D eigenvalue weighted by atomic mass is 10.1. The molecule has 9 nitrogen and oxygen atoms in total. The van der Waals surface area contributed by atoms with Crippen molar-refractivity contribution < 1.29 is 20.1 Å². The van der Waals surface area contributed by atoms with Gasteiger partial charge in [-0.25, -0.2) is 9.78 Å². The molecule has 0 spiro atoms. The molecule has 1 aliphatic rings. The highest BCUT2D eigenvalue weighted by Gasteiger charge is 2.44. The molecule has 4 atom stereocenters. The highest BCUT2D eigenvalue weighted by atomic mass is 32.1. The number of ether oxygens (including phenoxy) is 1. The van der Waals surface area contributed by atoms with Crippen LogP contribution in [0.1, 0.15) is 6.23 Å². The summed E-state index contributed by atoms with van der Waals surface area (Å²) >= 11 is 1.20. The summed E-state index contributed by atoms with van der Waals surface area (Å²) in [7, 11) is 0. The first kappa shape index (κ1) is 15.1. The van der Waals surface area contributed by atoms with Crippen LogP contribution < -0.4 is 11.2 Å². The summed E-state index contributed by atoms with van der Waals surface area (Å²) in [5.41, 5.74) is -1.25. The Morgan fingerprint density at radius 3 is 2.73 bits per heavy atom. The van der Waals surface area contributed by atoms with Gasteiger partial charge in [0.2, 0.25) is 0 Å². The lowest BCUT2D eigenvalue weighted by Gasteiger charge is -2.19. The quantitative estimate of drug-likeness (QED) is 0.525. The largest absolute Gasteiger partial charge is 0.394 e. The predicted molar refractivity (Wildman–Crippen MR) is 75.4 cm³/mol. The van der Waals surface area contributed by atoms with Crippen molar-refractivity contribution in [1.82, 2.24) is 14.5 Å². The molecule has 3 rings (SSSR count). The van der Waals surface area contributed by atoms with E-state index in [1.165, 1.54) is 17.5 Å². The molecular weight excluding hydrogens is 314 g/mol. The number of H-pyrrole nitrogens is 1. The van der Waals surface area contributed by atoms with Gasteiger partial charge in [0, 0.05) is 17.6 Å². The van der Waals surface area contributed by atoms with Crippen LogP contribution in [0.2, 0.25) is 0 Å². The molecule has 0 bridgehead atoms. The van der Waals surface area contributed by atoms with Gasteiger partial charge in [-0.1, -0.05) is 0 Å². The predicted octanol–water partition coefficient (Wildman–Crippen LogP) is -1.73. The number of nitrogens with one attached hydrogen (secondary N) is 1. The Hall–Kier alpha value is -1.85. The Labute approximate surface area is 127 Å². The second-order valence-corrected chi connectivity index (χ2v) is 5.65. The summed E-state index contributed by atoms with van der Waals surface area (Å²) in [6, 6.07) is 1.16. The minimum atomic E-state index is -1.43. The Kier molecular flexibility index (Phi) is 3.93. The molecule has 10 heteroatoms. The van der Waals surface area contributed by atoms with Crippen molar-refractivity contribution in [2.75, 3.05) is 6.61 Å². The topological polar surface area (TPSA) is 138 Å². The zero-order valence-corrected chi connectivity index (χ0v) is 11.9. The van der Waals surface area contributed by atoms with E-state index in [1.807, 2.05) is 0 Å². The van der Waals surface area contributed by atoms with Crippen LogP contribution in [0.5, 0.6) is 0 Å². The van der Waals surface area contributed by atoms with Crippen LogP contribution in [0, 0.1) is 0 Å². The molecule has 2 aromatic rings. The second kappa shape index (κ2) is 5.74. The fourth-order valence-electron chi connectivity index (χ4n) is 2.37. The first-order valence-corrected chi connectivity index (χ1v) is 7.29. The maximum Gasteiger partial charge on any atom is 0.331 e. The van der Waals surface area contributed by atoms with E-state index in [9.17, 15) is 19.8 Å². The van der Waals surface area contributed by atoms with Gasteiger partial charge in [-0.05, 0) is 0 Å². The number of aliphatic hydroxyl groups is 3. The third-order valence-corrected chi connectivity index (χ3v) is 4.19. The van der Waals surface area contributed by atoms with E-state index in [0.717, 1.165) is 10.6 Å². The zero-order chi connectivity index (χ0) is 15.9. The SMILES string of the molecule is O=c1cc(-c2nccs2)n([C@@H]2O[C@H](CO)[C@@H](O)[C@H]2O)c(=O)[nH]1. The van der Waals surface area contributed by atoms with Gasteiger partial charge < -0.3 is 20.1 Å². The molecule has 1 saturated heterocycles. The molecule has 4 N–H and O–H groups in total. The van der Waals surface area contributed by atoms with E-state index in [2.05, 4.69) is 9.97 Å². The van der Waals surface area contributed by atoms with Gasteiger partial charge in [0.25, 0.3) is 5.56 Å². The van der Waals surface area contributed by atoms with E-state index in [1.54, 1.807) is 5.38 Å². The molecule has 1 fully saturated rings. The summed E-state index contributed by atoms with van der Waals surface area (Å²) < 4.78 is 6.37. The zero-order valence-electron chi connectivity index (χ0n) is 11.1. The van der Waals surface area contributed by atoms with E-state index in [-0.39, 0.29) is 5.69 Å². The molecule has 2 aromatic heterocycles. The van der Waals surface area contributed by atoms with Crippen LogP contribution in [0.3, 0.4) is 0 Å². The molecule has 0 unspecified atom stereocenters. The third kappa shape index (κ3) is 2.40. The van der Waals surface area contributed by atoms with Crippen LogP contribution in [0.15, 0.2) is 27.2 Å². The highest BCUT2D eigenvalue weighted by Crippen LogP contribution is 2.31. The Balaban J connectivity index is 2.15. The molecule has 3 heterocycles. The fourth-order valence-corrected chi connectivity index (χ4v) is 3.02. The lowest BCUT2D eigenvalue weighted by Crippen LogP contribution is -2.38. The molecule has 118 valence electrons. The average Bonchev–Trinajstić information content (AvgIpc) is 3.09. The Morgan fingerprint density at radius 1 is 1.36 bits per heavy atom. The maximum atomic E-state index is 12.1. The van der Waals surface area contributed by atoms with E-state index < -0.39 is 42.4 Å². The molecular formula is C12H13N3O6S. The Bertz CT molecular complexity index is 770. The molecule has 0 radical (unpaired) electrons. The summed E-state index contributed by atoms with van der Waals surface area (Å²) in [5, 5.41) is 31.1. The van der Waals surface area contributed by atoms with Crippen LogP contribution >= 0.6 is 11.3 Å². The molecule has 1 aliphatic heterocycles. The molecule has 22 heavy (non-hydrogen) atoms. The van der Waals surface area contributed by atoms with Gasteiger partial charge >= 0.3 is 5.69 Å². The number of aliphatic hydroxyl groups excluding tert-OH is 3. The second-order valence-electron chi connectivity index (χ2n) is 4.76. The van der Waals surface area contributed by atoms with Crippen molar-refractivity contribution in [3.8, 4) is 10.7 Å². The first-order chi connectivity index (χ1) is 10.5. The fraction of sp³-hybridized carbons (Fsp3) is 0.417. The van der Waals surface area contributed by atoms with E-state index in [4.69, 9.17) is 9.84 Å². The number of hydrogen-bond acceptors (Lipinski definition) is 8. The number of aromatic nitrogens is 3. The minimum absolute atomic E-state index is 0.165. The van der Waals surface area contributed by atoms with Crippen LogP contribution in [0.4, 0.5) is 0 Å². The maximum absolute atomic E-state index is 12.1. The van der Waals surface area contributed by atoms with Gasteiger partial charge in [-0.2, -0.15) is 0 Å². The lowest BCUT2D eigenvalue weighted by molar-refractivity contribution is -0.0541. The molecule has 0 saturated carbocycles. The smallest absolute Gasteiger partial charge is 0.331 e. The van der Waals surface area contributed by atoms with E-state index >= 15 is 0 Å². The van der Waals surface area contributed by atoms with Gasteiger partial charge in [-0.15, -0.1) is 11.3 Å². The van der Waals surface area contributed by atoms with Crippen molar-refractivity contribution in [2.24, 2.45) is 0 Å². The first-order valence-electron chi connectivity index (χ1n) is 6.41. The highest BCUT2D eigenvalue weighted by molar-refractivity contribution is 7.13. The van der Waals surface area contributed by atoms with E-state index in [0.29, 0.717) is 5.01 Å². The molecule has 0 amide bonds. The molecule has 0 aliphatic carbocycles. The van der Waals surface area contributed by atoms with Crippen molar-refractivity contribution in [1.29, 1.82) is 0 Å². The normalized spacial score (nSPS) is 28.1.